The van der Waals surface area contributed by atoms with Gasteiger partial charge < -0.3 is 10.5 Å². The van der Waals surface area contributed by atoms with Crippen LogP contribution in [0, 0.1) is 0 Å². The highest BCUT2D eigenvalue weighted by Gasteiger charge is 2.30. The third-order valence-electron chi connectivity index (χ3n) is 3.04. The van der Waals surface area contributed by atoms with E-state index in [2.05, 4.69) is 20.2 Å². The van der Waals surface area contributed by atoms with E-state index >= 15 is 0 Å². The van der Waals surface area contributed by atoms with Gasteiger partial charge in [-0.15, -0.1) is 10.2 Å². The van der Waals surface area contributed by atoms with Crippen molar-refractivity contribution < 1.29 is 17.9 Å². The molecule has 0 fully saturated rings. The highest BCUT2D eigenvalue weighted by molar-refractivity contribution is 6.29. The maximum Gasteiger partial charge on any atom is 0.416 e. The first-order chi connectivity index (χ1) is 11.8. The number of nitrogens with two attached hydrogens (primary N) is 1. The second kappa shape index (κ2) is 6.52. The Kier molecular flexibility index (Phi) is 4.41. The Bertz CT molecular complexity index is 902. The van der Waals surface area contributed by atoms with E-state index in [4.69, 9.17) is 22.1 Å². The number of anilines is 1. The molecular weight excluding hydrogens is 359 g/mol. The summed E-state index contributed by atoms with van der Waals surface area (Å²) in [5.74, 6) is 0.000949. The summed E-state index contributed by atoms with van der Waals surface area (Å²) in [4.78, 5) is 7.87. The number of hydrogen-bond donors (Lipinski definition) is 1. The van der Waals surface area contributed by atoms with Gasteiger partial charge in [0.1, 0.15) is 10.9 Å². The van der Waals surface area contributed by atoms with Crippen LogP contribution in [0.25, 0.3) is 11.4 Å². The van der Waals surface area contributed by atoms with Crippen molar-refractivity contribution in [2.24, 2.45) is 0 Å². The maximum atomic E-state index is 12.8. The second-order valence-corrected chi connectivity index (χ2v) is 5.21. The fourth-order valence-electron chi connectivity index (χ4n) is 1.89. The molecule has 0 amide bonds. The second-order valence-electron chi connectivity index (χ2n) is 4.82. The van der Waals surface area contributed by atoms with Crippen LogP contribution < -0.4 is 10.5 Å². The van der Waals surface area contributed by atoms with Crippen LogP contribution in [0.3, 0.4) is 0 Å². The van der Waals surface area contributed by atoms with Crippen molar-refractivity contribution in [2.75, 3.05) is 5.73 Å². The Morgan fingerprint density at radius 3 is 2.56 bits per heavy atom. The highest BCUT2D eigenvalue weighted by atomic mass is 35.5. The Morgan fingerprint density at radius 1 is 1.08 bits per heavy atom. The number of alkyl halides is 3. The van der Waals surface area contributed by atoms with Gasteiger partial charge in [0.25, 0.3) is 5.88 Å². The molecule has 0 aliphatic rings. The van der Waals surface area contributed by atoms with Crippen molar-refractivity contribution in [3.05, 3.63) is 53.3 Å². The van der Waals surface area contributed by atoms with Crippen LogP contribution in [0.2, 0.25) is 5.15 Å². The van der Waals surface area contributed by atoms with Gasteiger partial charge in [-0.3, -0.25) is 0 Å². The van der Waals surface area contributed by atoms with Gasteiger partial charge in [0.15, 0.2) is 5.82 Å². The normalized spacial score (nSPS) is 11.4. The summed E-state index contributed by atoms with van der Waals surface area (Å²) in [6, 6.07) is 7.57. The Hall–Kier alpha value is -2.94. The average Bonchev–Trinajstić information content (AvgIpc) is 2.58. The molecule has 3 aromatic rings. The lowest BCUT2D eigenvalue weighted by Gasteiger charge is -2.09. The van der Waals surface area contributed by atoms with Crippen LogP contribution in [-0.2, 0) is 6.18 Å². The van der Waals surface area contributed by atoms with E-state index in [1.165, 1.54) is 30.5 Å². The lowest BCUT2D eigenvalue weighted by molar-refractivity contribution is -0.137. The molecule has 0 unspecified atom stereocenters. The van der Waals surface area contributed by atoms with Crippen LogP contribution in [0.4, 0.5) is 19.0 Å². The largest absolute Gasteiger partial charge is 0.434 e. The molecule has 2 heterocycles. The fraction of sp³-hybridized carbons (Fsp3) is 0.0667. The molecular formula is C15H9ClF3N5O. The van der Waals surface area contributed by atoms with Crippen molar-refractivity contribution in [1.29, 1.82) is 0 Å². The minimum Gasteiger partial charge on any atom is -0.434 e. The Labute approximate surface area is 144 Å². The van der Waals surface area contributed by atoms with Gasteiger partial charge in [0.05, 0.1) is 11.8 Å². The molecule has 3 rings (SSSR count). The van der Waals surface area contributed by atoms with Crippen LogP contribution in [0.5, 0.6) is 11.6 Å². The van der Waals surface area contributed by atoms with Crippen LogP contribution in [0.15, 0.2) is 42.6 Å². The van der Waals surface area contributed by atoms with E-state index in [9.17, 15) is 13.2 Å². The highest BCUT2D eigenvalue weighted by Crippen LogP contribution is 2.32. The van der Waals surface area contributed by atoms with Crippen molar-refractivity contribution in [2.45, 2.75) is 6.18 Å². The number of halogens is 4. The van der Waals surface area contributed by atoms with E-state index in [1.54, 1.807) is 0 Å². The molecule has 0 radical (unpaired) electrons. The number of nitrogens with zero attached hydrogens (tertiary/aromatic N) is 4. The number of nitrogen functional groups attached to an aromatic ring is 1. The van der Waals surface area contributed by atoms with Crippen molar-refractivity contribution in [3.63, 3.8) is 0 Å². The summed E-state index contributed by atoms with van der Waals surface area (Å²) in [7, 11) is 0. The van der Waals surface area contributed by atoms with Crippen LogP contribution in [-0.4, -0.2) is 20.2 Å². The van der Waals surface area contributed by atoms with Gasteiger partial charge in [-0.2, -0.15) is 18.2 Å². The van der Waals surface area contributed by atoms with Crippen molar-refractivity contribution >= 4 is 17.4 Å². The summed E-state index contributed by atoms with van der Waals surface area (Å²) in [6.07, 6.45) is -3.14. The first-order valence-corrected chi connectivity index (χ1v) is 7.18. The number of pyridine rings is 1. The van der Waals surface area contributed by atoms with E-state index in [0.717, 1.165) is 12.1 Å². The topological polar surface area (TPSA) is 86.8 Å². The molecule has 0 bridgehead atoms. The third kappa shape index (κ3) is 3.94. The van der Waals surface area contributed by atoms with Gasteiger partial charge in [-0.25, -0.2) is 4.98 Å². The quantitative estimate of drug-likeness (QED) is 0.704. The summed E-state index contributed by atoms with van der Waals surface area (Å²) in [5, 5.41) is 7.66. The lowest BCUT2D eigenvalue weighted by atomic mass is 10.1. The molecule has 2 N–H and O–H groups in total. The van der Waals surface area contributed by atoms with Gasteiger partial charge in [-0.1, -0.05) is 23.7 Å². The number of hydrogen-bond acceptors (Lipinski definition) is 6. The number of rotatable bonds is 3. The zero-order valence-electron chi connectivity index (χ0n) is 12.3. The van der Waals surface area contributed by atoms with Crippen molar-refractivity contribution in [1.82, 2.24) is 20.2 Å². The van der Waals surface area contributed by atoms with Gasteiger partial charge in [-0.05, 0) is 24.3 Å². The minimum atomic E-state index is -4.48. The summed E-state index contributed by atoms with van der Waals surface area (Å²) < 4.78 is 43.9. The van der Waals surface area contributed by atoms with Gasteiger partial charge in [0.2, 0.25) is 5.82 Å². The molecule has 10 heteroatoms. The zero-order chi connectivity index (χ0) is 18.0. The summed E-state index contributed by atoms with van der Waals surface area (Å²) in [6.45, 7) is 0. The van der Waals surface area contributed by atoms with E-state index in [0.29, 0.717) is 0 Å². The lowest BCUT2D eigenvalue weighted by Crippen LogP contribution is -2.06. The Balaban J connectivity index is 1.95. The first kappa shape index (κ1) is 16.9. The molecule has 0 atom stereocenters. The van der Waals surface area contributed by atoms with Crippen molar-refractivity contribution in [3.8, 4) is 23.0 Å². The Morgan fingerprint density at radius 2 is 1.88 bits per heavy atom. The zero-order valence-corrected chi connectivity index (χ0v) is 13.1. The third-order valence-corrected chi connectivity index (χ3v) is 3.27. The minimum absolute atomic E-state index is 0.0581. The van der Waals surface area contributed by atoms with Gasteiger partial charge in [0, 0.05) is 5.56 Å². The molecule has 1 aromatic carbocycles. The average molecular weight is 368 g/mol. The molecule has 0 aliphatic heterocycles. The van der Waals surface area contributed by atoms with E-state index < -0.39 is 11.7 Å². The number of benzene rings is 1. The molecule has 6 nitrogen and oxygen atoms in total. The number of ether oxygens (including phenoxy) is 1. The number of aromatic nitrogens is 4. The predicted molar refractivity (Wildman–Crippen MR) is 84.0 cm³/mol. The molecule has 0 saturated heterocycles. The molecule has 0 aliphatic carbocycles. The van der Waals surface area contributed by atoms with Crippen LogP contribution in [0.1, 0.15) is 5.56 Å². The summed E-state index contributed by atoms with van der Waals surface area (Å²) in [5.41, 5.74) is 4.96. The predicted octanol–water partition coefficient (Wildman–Crippen LogP) is 3.98. The molecule has 2 aromatic heterocycles. The van der Waals surface area contributed by atoms with E-state index in [-0.39, 0.29) is 34.0 Å². The summed E-state index contributed by atoms with van der Waals surface area (Å²) >= 11 is 5.68. The molecule has 128 valence electrons. The van der Waals surface area contributed by atoms with Crippen LogP contribution >= 0.6 is 11.6 Å². The monoisotopic (exact) mass is 367 g/mol. The molecule has 0 spiro atoms. The smallest absolute Gasteiger partial charge is 0.416 e. The van der Waals surface area contributed by atoms with Gasteiger partial charge >= 0.3 is 6.18 Å². The standard InChI is InChI=1S/C15H9ClF3N5O/c16-11-5-4-10(7-21-11)25-14-12(20)23-24-13(22-14)8-2-1-3-9(6-8)15(17,18)19/h1-7H,(H2,20,23). The SMILES string of the molecule is Nc1nnc(-c2cccc(C(F)(F)F)c2)nc1Oc1ccc(Cl)nc1. The molecule has 0 saturated carbocycles. The fourth-order valence-corrected chi connectivity index (χ4v) is 2.00. The molecule has 25 heavy (non-hydrogen) atoms. The van der Waals surface area contributed by atoms with E-state index in [1.807, 2.05) is 0 Å². The first-order valence-electron chi connectivity index (χ1n) is 6.80. The maximum absolute atomic E-state index is 12.8.